The van der Waals surface area contributed by atoms with E-state index in [4.69, 9.17) is 4.74 Å². The molecule has 0 saturated carbocycles. The van der Waals surface area contributed by atoms with Gasteiger partial charge in [-0.25, -0.2) is 8.42 Å². The number of nitrogens with zero attached hydrogens (tertiary/aromatic N) is 3. The molecule has 0 radical (unpaired) electrons. The Morgan fingerprint density at radius 2 is 1.81 bits per heavy atom. The van der Waals surface area contributed by atoms with Crippen molar-refractivity contribution in [2.75, 3.05) is 66.6 Å². The van der Waals surface area contributed by atoms with E-state index in [0.717, 1.165) is 31.2 Å². The zero-order valence-corrected chi connectivity index (χ0v) is 19.8. The molecule has 1 aliphatic carbocycles. The van der Waals surface area contributed by atoms with Crippen LogP contribution in [0.25, 0.3) is 0 Å². The Labute approximate surface area is 190 Å². The Hall–Kier alpha value is -2.01. The van der Waals surface area contributed by atoms with Crippen molar-refractivity contribution in [2.45, 2.75) is 30.6 Å². The van der Waals surface area contributed by atoms with Crippen molar-refractivity contribution in [1.82, 2.24) is 19.4 Å². The molecule has 0 aromatic heterocycles. The molecule has 1 heterocycles. The van der Waals surface area contributed by atoms with Gasteiger partial charge in [0.25, 0.3) is 0 Å². The Morgan fingerprint density at radius 3 is 2.53 bits per heavy atom. The molecule has 1 aliphatic heterocycles. The fourth-order valence-corrected chi connectivity index (χ4v) is 5.64. The summed E-state index contributed by atoms with van der Waals surface area (Å²) in [7, 11) is -0.224. The van der Waals surface area contributed by atoms with Crippen molar-refractivity contribution in [2.24, 2.45) is 0 Å². The second-order valence-corrected chi connectivity index (χ2v) is 10.4. The molecule has 1 saturated heterocycles. The lowest BCUT2D eigenvalue weighted by Crippen LogP contribution is -2.52. The standard InChI is InChI=1S/C22H34N4O5S/c1-24(16-21(27)23-9-4-14-31-2)17-22(28)25-10-12-26(13-11-25)32(29,30)20-8-7-18-5-3-6-19(18)15-20/h7-8,15H,3-6,9-14,16-17H2,1-2H3,(H,23,27). The highest BCUT2D eigenvalue weighted by Crippen LogP contribution is 2.26. The van der Waals surface area contributed by atoms with E-state index in [1.165, 1.54) is 9.87 Å². The number of carbonyl (C=O) groups excluding carboxylic acids is 2. The molecule has 0 atom stereocenters. The largest absolute Gasteiger partial charge is 0.385 e. The molecule has 0 bridgehead atoms. The SMILES string of the molecule is COCCCNC(=O)CN(C)CC(=O)N1CCN(S(=O)(=O)c2ccc3c(c2)CCC3)CC1. The van der Waals surface area contributed by atoms with Crippen LogP contribution in [0.2, 0.25) is 0 Å². The molecule has 1 aromatic carbocycles. The molecule has 3 rings (SSSR count). The van der Waals surface area contributed by atoms with Gasteiger partial charge in [0.2, 0.25) is 21.8 Å². The Bertz CT molecular complexity index is 913. The molecule has 1 N–H and O–H groups in total. The molecule has 2 aliphatic rings. The Kier molecular flexibility index (Phi) is 8.64. The van der Waals surface area contributed by atoms with Gasteiger partial charge in [-0.05, 0) is 56.0 Å². The lowest BCUT2D eigenvalue weighted by molar-refractivity contribution is -0.133. The normalized spacial score (nSPS) is 16.9. The summed E-state index contributed by atoms with van der Waals surface area (Å²) in [6.45, 7) is 2.61. The van der Waals surface area contributed by atoms with Crippen molar-refractivity contribution in [3.63, 3.8) is 0 Å². The van der Waals surface area contributed by atoms with Gasteiger partial charge in [-0.3, -0.25) is 14.5 Å². The number of sulfonamides is 1. The molecule has 178 valence electrons. The number of benzene rings is 1. The van der Waals surface area contributed by atoms with Gasteiger partial charge in [-0.15, -0.1) is 0 Å². The number of methoxy groups -OCH3 is 1. The first-order chi connectivity index (χ1) is 15.3. The summed E-state index contributed by atoms with van der Waals surface area (Å²) < 4.78 is 32.5. The van der Waals surface area contributed by atoms with E-state index >= 15 is 0 Å². The third kappa shape index (κ3) is 6.28. The number of likely N-dealkylation sites (N-methyl/N-ethyl adjacent to an activating group) is 1. The summed E-state index contributed by atoms with van der Waals surface area (Å²) in [5.74, 6) is -0.240. The number of ether oxygens (including phenoxy) is 1. The minimum atomic E-state index is -3.56. The average molecular weight is 467 g/mol. The first-order valence-electron chi connectivity index (χ1n) is 11.1. The van der Waals surface area contributed by atoms with Crippen molar-refractivity contribution >= 4 is 21.8 Å². The van der Waals surface area contributed by atoms with Gasteiger partial charge >= 0.3 is 0 Å². The van der Waals surface area contributed by atoms with Gasteiger partial charge in [0, 0.05) is 46.4 Å². The van der Waals surface area contributed by atoms with Gasteiger partial charge in [-0.1, -0.05) is 6.07 Å². The summed E-state index contributed by atoms with van der Waals surface area (Å²) >= 11 is 0. The maximum atomic E-state index is 13.1. The highest BCUT2D eigenvalue weighted by atomic mass is 32.2. The number of fused-ring (bicyclic) bond motifs is 1. The molecule has 1 fully saturated rings. The molecule has 32 heavy (non-hydrogen) atoms. The van der Waals surface area contributed by atoms with Crippen molar-refractivity contribution < 1.29 is 22.7 Å². The van der Waals surface area contributed by atoms with E-state index in [-0.39, 0.29) is 38.0 Å². The summed E-state index contributed by atoms with van der Waals surface area (Å²) in [5, 5.41) is 2.80. The fraction of sp³-hybridized carbons (Fsp3) is 0.636. The topological polar surface area (TPSA) is 99.3 Å². The predicted octanol–water partition coefficient (Wildman–Crippen LogP) is 0.0927. The summed E-state index contributed by atoms with van der Waals surface area (Å²) in [6, 6.07) is 5.44. The van der Waals surface area contributed by atoms with Gasteiger partial charge in [0.1, 0.15) is 0 Å². The third-order valence-electron chi connectivity index (χ3n) is 5.97. The van der Waals surface area contributed by atoms with E-state index in [0.29, 0.717) is 31.1 Å². The smallest absolute Gasteiger partial charge is 0.243 e. The number of aryl methyl sites for hydroxylation is 2. The van der Waals surface area contributed by atoms with E-state index in [2.05, 4.69) is 5.32 Å². The minimum Gasteiger partial charge on any atom is -0.385 e. The number of hydrogen-bond donors (Lipinski definition) is 1. The average Bonchev–Trinajstić information content (AvgIpc) is 3.24. The van der Waals surface area contributed by atoms with Crippen LogP contribution in [-0.4, -0.2) is 101 Å². The van der Waals surface area contributed by atoms with E-state index in [1.54, 1.807) is 30.0 Å². The molecular weight excluding hydrogens is 432 g/mol. The molecule has 1 aromatic rings. The van der Waals surface area contributed by atoms with Gasteiger partial charge in [0.05, 0.1) is 18.0 Å². The Morgan fingerprint density at radius 1 is 1.09 bits per heavy atom. The summed E-state index contributed by atoms with van der Waals surface area (Å²) in [4.78, 5) is 28.2. The first kappa shape index (κ1) is 24.6. The van der Waals surface area contributed by atoms with Crippen molar-refractivity contribution in [3.05, 3.63) is 29.3 Å². The van der Waals surface area contributed by atoms with Crippen LogP contribution in [0.3, 0.4) is 0 Å². The predicted molar refractivity (Wildman–Crippen MR) is 121 cm³/mol. The first-order valence-corrected chi connectivity index (χ1v) is 12.6. The molecule has 2 amide bonds. The molecule has 10 heteroatoms. The fourth-order valence-electron chi connectivity index (χ4n) is 4.17. The lowest BCUT2D eigenvalue weighted by Gasteiger charge is -2.34. The maximum Gasteiger partial charge on any atom is 0.243 e. The van der Waals surface area contributed by atoms with Crippen LogP contribution in [-0.2, 0) is 37.2 Å². The van der Waals surface area contributed by atoms with Gasteiger partial charge in [-0.2, -0.15) is 4.31 Å². The van der Waals surface area contributed by atoms with Crippen molar-refractivity contribution in [3.8, 4) is 0 Å². The van der Waals surface area contributed by atoms with Crippen molar-refractivity contribution in [1.29, 1.82) is 0 Å². The highest BCUT2D eigenvalue weighted by molar-refractivity contribution is 7.89. The number of piperazine rings is 1. The zero-order valence-electron chi connectivity index (χ0n) is 19.0. The van der Waals surface area contributed by atoms with Crippen LogP contribution in [0.4, 0.5) is 0 Å². The second kappa shape index (κ2) is 11.2. The number of carbonyl (C=O) groups is 2. The van der Waals surface area contributed by atoms with Crippen LogP contribution in [0.1, 0.15) is 24.0 Å². The van der Waals surface area contributed by atoms with Crippen LogP contribution in [0.15, 0.2) is 23.1 Å². The van der Waals surface area contributed by atoms with Gasteiger partial charge < -0.3 is 15.0 Å². The van der Waals surface area contributed by atoms with E-state index in [9.17, 15) is 18.0 Å². The third-order valence-corrected chi connectivity index (χ3v) is 7.86. The van der Waals surface area contributed by atoms with Crippen LogP contribution < -0.4 is 5.32 Å². The molecule has 0 spiro atoms. The van der Waals surface area contributed by atoms with E-state index in [1.807, 2.05) is 12.1 Å². The number of rotatable bonds is 10. The minimum absolute atomic E-state index is 0.103. The zero-order chi connectivity index (χ0) is 23.1. The maximum absolute atomic E-state index is 13.1. The van der Waals surface area contributed by atoms with Gasteiger partial charge in [0.15, 0.2) is 0 Å². The number of hydrogen-bond acceptors (Lipinski definition) is 6. The quantitative estimate of drug-likeness (QED) is 0.491. The molecule has 9 nitrogen and oxygen atoms in total. The number of amides is 2. The number of nitrogens with one attached hydrogen (secondary N) is 1. The van der Waals surface area contributed by atoms with E-state index < -0.39 is 10.0 Å². The second-order valence-electron chi connectivity index (χ2n) is 8.44. The molecular formula is C22H34N4O5S. The van der Waals surface area contributed by atoms with Crippen LogP contribution in [0, 0.1) is 0 Å². The summed E-state index contributed by atoms with van der Waals surface area (Å²) in [6.07, 6.45) is 3.76. The Balaban J connectivity index is 1.45. The van der Waals surface area contributed by atoms with Crippen LogP contribution >= 0.6 is 0 Å². The van der Waals surface area contributed by atoms with Crippen LogP contribution in [0.5, 0.6) is 0 Å². The highest BCUT2D eigenvalue weighted by Gasteiger charge is 2.31. The monoisotopic (exact) mass is 466 g/mol. The molecule has 0 unspecified atom stereocenters. The summed E-state index contributed by atoms with van der Waals surface area (Å²) in [5.41, 5.74) is 2.37. The lowest BCUT2D eigenvalue weighted by atomic mass is 10.1.